The van der Waals surface area contributed by atoms with E-state index in [4.69, 9.17) is 14.7 Å². The van der Waals surface area contributed by atoms with E-state index in [1.807, 2.05) is 30.6 Å². The zero-order valence-electron chi connectivity index (χ0n) is 20.5. The van der Waals surface area contributed by atoms with Crippen molar-refractivity contribution in [2.45, 2.75) is 24.8 Å². The Balaban J connectivity index is 0.00000160. The maximum atomic E-state index is 5.24. The Hall–Kier alpha value is -3.51. The Labute approximate surface area is 229 Å². The van der Waals surface area contributed by atoms with E-state index in [1.54, 1.807) is 7.11 Å². The van der Waals surface area contributed by atoms with Crippen molar-refractivity contribution in [1.82, 2.24) is 9.97 Å². The maximum Gasteiger partial charge on any atom is 0.365 e. The van der Waals surface area contributed by atoms with Gasteiger partial charge >= 0.3 is 5.88 Å². The number of quaternary nitrogens is 1. The summed E-state index contributed by atoms with van der Waals surface area (Å²) >= 11 is 0. The van der Waals surface area contributed by atoms with Crippen LogP contribution in [-0.2, 0) is 5.54 Å². The van der Waals surface area contributed by atoms with Crippen LogP contribution in [0, 0.1) is 0 Å². The van der Waals surface area contributed by atoms with Crippen molar-refractivity contribution in [2.24, 2.45) is 0 Å². The third-order valence-corrected chi connectivity index (χ3v) is 7.17. The number of aromatic nitrogens is 3. The molecule has 5 nitrogen and oxygen atoms in total. The molecular formula is C30H28Cl2N4O. The molecule has 6 rings (SSSR count). The molecule has 1 aliphatic carbocycles. The zero-order valence-corrected chi connectivity index (χ0v) is 22.1. The first-order valence-electron chi connectivity index (χ1n) is 12.0. The lowest BCUT2D eigenvalue weighted by atomic mass is 9.72. The van der Waals surface area contributed by atoms with Crippen LogP contribution in [0.3, 0.4) is 0 Å². The van der Waals surface area contributed by atoms with Gasteiger partial charge in [0.05, 0.1) is 41.8 Å². The highest BCUT2D eigenvalue weighted by Gasteiger charge is 2.38. The van der Waals surface area contributed by atoms with Gasteiger partial charge in [-0.05, 0) is 30.2 Å². The van der Waals surface area contributed by atoms with E-state index in [2.05, 4.69) is 71.4 Å². The van der Waals surface area contributed by atoms with Crippen LogP contribution >= 0.6 is 0 Å². The first kappa shape index (κ1) is 26.6. The number of halogens is 2. The van der Waals surface area contributed by atoms with Crippen molar-refractivity contribution in [2.75, 3.05) is 7.11 Å². The number of ether oxygens (including phenoxy) is 1. The van der Waals surface area contributed by atoms with Gasteiger partial charge in [0.15, 0.2) is 6.20 Å². The molecule has 3 aromatic heterocycles. The van der Waals surface area contributed by atoms with Crippen LogP contribution in [0.15, 0.2) is 91.3 Å². The normalized spacial score (nSPS) is 13.7. The molecule has 0 radical (unpaired) electrons. The van der Waals surface area contributed by atoms with Crippen molar-refractivity contribution in [3.63, 3.8) is 0 Å². The zero-order chi connectivity index (χ0) is 23.8. The molecule has 188 valence electrons. The SMILES string of the molecule is COc1ccc(-c2cc3cc(-c4ccccc4)c(-c4ccc(C5([NH3+])CCC5)cc4)nc3cn2)c[nH+]1.[Cl-].[Cl-]. The van der Waals surface area contributed by atoms with Gasteiger partial charge in [-0.15, -0.1) is 0 Å². The van der Waals surface area contributed by atoms with Crippen LogP contribution in [0.2, 0.25) is 0 Å². The molecule has 5 aromatic rings. The molecule has 0 bridgehead atoms. The Morgan fingerprint density at radius 1 is 0.865 bits per heavy atom. The topological polar surface area (TPSA) is 76.8 Å². The number of methoxy groups -OCH3 is 1. The minimum Gasteiger partial charge on any atom is -1.00 e. The Bertz CT molecular complexity index is 1500. The first-order valence-corrected chi connectivity index (χ1v) is 12.0. The molecule has 0 unspecified atom stereocenters. The van der Waals surface area contributed by atoms with Gasteiger partial charge in [0.2, 0.25) is 0 Å². The van der Waals surface area contributed by atoms with Crippen LogP contribution in [0.1, 0.15) is 24.8 Å². The number of aromatic amines is 1. The number of pyridine rings is 3. The minimum atomic E-state index is 0. The fraction of sp³-hybridized carbons (Fsp3) is 0.167. The second kappa shape index (κ2) is 10.9. The molecule has 37 heavy (non-hydrogen) atoms. The summed E-state index contributed by atoms with van der Waals surface area (Å²) in [5.74, 6) is 0.709. The van der Waals surface area contributed by atoms with Crippen molar-refractivity contribution in [3.8, 4) is 39.5 Å². The maximum absolute atomic E-state index is 5.24. The van der Waals surface area contributed by atoms with Crippen molar-refractivity contribution in [1.29, 1.82) is 0 Å². The number of fused-ring (bicyclic) bond motifs is 1. The Morgan fingerprint density at radius 2 is 1.59 bits per heavy atom. The predicted molar refractivity (Wildman–Crippen MR) is 137 cm³/mol. The third kappa shape index (κ3) is 5.03. The smallest absolute Gasteiger partial charge is 0.365 e. The van der Waals surface area contributed by atoms with Crippen LogP contribution < -0.4 is 40.3 Å². The lowest BCUT2D eigenvalue weighted by Crippen LogP contribution is -3.00. The van der Waals surface area contributed by atoms with Gasteiger partial charge in [-0.2, -0.15) is 4.98 Å². The fourth-order valence-corrected chi connectivity index (χ4v) is 4.86. The second-order valence-corrected chi connectivity index (χ2v) is 9.37. The summed E-state index contributed by atoms with van der Waals surface area (Å²) in [6, 6.07) is 27.5. The number of benzene rings is 2. The molecule has 0 atom stereocenters. The molecule has 1 fully saturated rings. The number of nitrogens with zero attached hydrogens (tertiary/aromatic N) is 2. The summed E-state index contributed by atoms with van der Waals surface area (Å²) < 4.78 is 5.24. The number of hydrogen-bond donors (Lipinski definition) is 1. The van der Waals surface area contributed by atoms with Crippen LogP contribution in [0.4, 0.5) is 0 Å². The lowest BCUT2D eigenvalue weighted by Gasteiger charge is -2.34. The van der Waals surface area contributed by atoms with Gasteiger partial charge in [0.25, 0.3) is 0 Å². The molecule has 1 aliphatic rings. The van der Waals surface area contributed by atoms with Gasteiger partial charge in [-0.3, -0.25) is 4.98 Å². The Morgan fingerprint density at radius 3 is 2.22 bits per heavy atom. The quantitative estimate of drug-likeness (QED) is 0.319. The van der Waals surface area contributed by atoms with Gasteiger partial charge < -0.3 is 35.3 Å². The number of nitrogens with one attached hydrogen (secondary N) is 1. The van der Waals surface area contributed by atoms with Crippen molar-refractivity contribution in [3.05, 3.63) is 96.8 Å². The van der Waals surface area contributed by atoms with E-state index in [0.29, 0.717) is 5.88 Å². The molecule has 2 aromatic carbocycles. The van der Waals surface area contributed by atoms with E-state index in [9.17, 15) is 0 Å². The third-order valence-electron chi connectivity index (χ3n) is 7.17. The van der Waals surface area contributed by atoms with Crippen LogP contribution in [0.25, 0.3) is 44.5 Å². The number of hydrogen-bond acceptors (Lipinski definition) is 3. The molecular weight excluding hydrogens is 503 g/mol. The number of H-pyrrole nitrogens is 1. The summed E-state index contributed by atoms with van der Waals surface area (Å²) in [4.78, 5) is 12.9. The van der Waals surface area contributed by atoms with Crippen molar-refractivity contribution < 1.29 is 40.3 Å². The van der Waals surface area contributed by atoms with E-state index < -0.39 is 0 Å². The molecule has 0 saturated heterocycles. The summed E-state index contributed by atoms with van der Waals surface area (Å²) in [6.07, 6.45) is 7.36. The van der Waals surface area contributed by atoms with Gasteiger partial charge in [-0.1, -0.05) is 54.6 Å². The molecule has 0 aliphatic heterocycles. The summed E-state index contributed by atoms with van der Waals surface area (Å²) in [7, 11) is 1.65. The molecule has 3 heterocycles. The van der Waals surface area contributed by atoms with Gasteiger partial charge in [0.1, 0.15) is 5.54 Å². The summed E-state index contributed by atoms with van der Waals surface area (Å²) in [5, 5.41) is 1.05. The minimum absolute atomic E-state index is 0. The van der Waals surface area contributed by atoms with Crippen LogP contribution in [0.5, 0.6) is 5.88 Å². The molecule has 7 heteroatoms. The number of rotatable bonds is 5. The molecule has 1 saturated carbocycles. The van der Waals surface area contributed by atoms with Crippen molar-refractivity contribution >= 4 is 10.9 Å². The average Bonchev–Trinajstić information content (AvgIpc) is 2.91. The Kier molecular flexibility index (Phi) is 7.79. The predicted octanol–water partition coefficient (Wildman–Crippen LogP) is -0.917. The highest BCUT2D eigenvalue weighted by Crippen LogP contribution is 2.39. The standard InChI is InChI=1S/C30H26N4O.2ClH/c1-35-28-13-10-22(18-33-28)26-17-23-16-25(20-6-3-2-4-7-20)29(34-27(23)19-32-26)21-8-11-24(12-9-21)30(31)14-5-15-30;;/h2-4,6-13,16-19H,5,14-15,31H2,1H3;2*1H. The monoisotopic (exact) mass is 530 g/mol. The summed E-state index contributed by atoms with van der Waals surface area (Å²) in [6.45, 7) is 0. The summed E-state index contributed by atoms with van der Waals surface area (Å²) in [5.41, 5.74) is 12.9. The van der Waals surface area contributed by atoms with E-state index in [1.165, 1.54) is 12.0 Å². The molecule has 4 N–H and O–H groups in total. The largest absolute Gasteiger partial charge is 1.00 e. The molecule has 0 amide bonds. The lowest BCUT2D eigenvalue weighted by molar-refractivity contribution is -0.509. The van der Waals surface area contributed by atoms with E-state index in [0.717, 1.165) is 57.4 Å². The molecule has 0 spiro atoms. The van der Waals surface area contributed by atoms with Crippen LogP contribution in [-0.4, -0.2) is 17.1 Å². The van der Waals surface area contributed by atoms with Gasteiger partial charge in [-0.25, -0.2) is 4.98 Å². The second-order valence-electron chi connectivity index (χ2n) is 9.37. The fourth-order valence-electron chi connectivity index (χ4n) is 4.86. The van der Waals surface area contributed by atoms with Gasteiger partial charge in [0, 0.05) is 34.9 Å². The van der Waals surface area contributed by atoms with E-state index >= 15 is 0 Å². The first-order chi connectivity index (χ1) is 17.1. The van der Waals surface area contributed by atoms with E-state index in [-0.39, 0.29) is 30.4 Å². The average molecular weight is 531 g/mol. The highest BCUT2D eigenvalue weighted by molar-refractivity contribution is 5.92. The highest BCUT2D eigenvalue weighted by atomic mass is 35.5.